The molecule has 90 heavy (non-hydrogen) atoms. The van der Waals surface area contributed by atoms with Crippen LogP contribution in [0.25, 0.3) is 121 Å². The normalized spacial score (nSPS) is 12.3. The summed E-state index contributed by atoms with van der Waals surface area (Å²) in [4.78, 5) is 5.12. The van der Waals surface area contributed by atoms with Gasteiger partial charge in [0.25, 0.3) is 0 Å². The Hall–Kier alpha value is -10.9. The molecule has 4 aromatic heterocycles. The summed E-state index contributed by atoms with van der Waals surface area (Å²) in [6, 6.07) is 109. The lowest BCUT2D eigenvalue weighted by atomic mass is 9.86. The van der Waals surface area contributed by atoms with Gasteiger partial charge in [-0.15, -0.1) is 0 Å². The molecular formula is C86H66N4. The van der Waals surface area contributed by atoms with Crippen molar-refractivity contribution in [3.63, 3.8) is 0 Å². The van der Waals surface area contributed by atoms with Crippen LogP contribution in [-0.2, 0) is 10.8 Å². The summed E-state index contributed by atoms with van der Waals surface area (Å²) in [7, 11) is 0. The van der Waals surface area contributed by atoms with Gasteiger partial charge in [0.2, 0.25) is 0 Å². The monoisotopic (exact) mass is 1150 g/mol. The molecule has 0 aliphatic carbocycles. The fourth-order valence-electron chi connectivity index (χ4n) is 14.8. The molecule has 4 heterocycles. The SMILES string of the molecule is CC(C)(C)c1ccc2c(c1)c1c(N(c3ccccc3-c3ccccc3)c3ccccc3-c3ccccc3)ccc3c4cc5c(cc4n2c31)c1ccc(N(c2ccccc2-c2ccccc2)c2ccccc2-c2ccccc2)c2c3cc(C(C)(C)C)ccc3n5c12. The van der Waals surface area contributed by atoms with Crippen LogP contribution in [0.15, 0.2) is 291 Å². The molecule has 0 fully saturated rings. The number of para-hydroxylation sites is 4. The highest BCUT2D eigenvalue weighted by atomic mass is 15.2. The van der Waals surface area contributed by atoms with Crippen LogP contribution < -0.4 is 9.80 Å². The number of anilines is 6. The van der Waals surface area contributed by atoms with Crippen LogP contribution in [0.3, 0.4) is 0 Å². The summed E-state index contributed by atoms with van der Waals surface area (Å²) < 4.78 is 5.21. The first-order valence-corrected chi connectivity index (χ1v) is 31.6. The van der Waals surface area contributed by atoms with E-state index >= 15 is 0 Å². The number of fused-ring (bicyclic) bond motifs is 12. The van der Waals surface area contributed by atoms with Gasteiger partial charge in [0.1, 0.15) is 0 Å². The predicted octanol–water partition coefficient (Wildman–Crippen LogP) is 24.2. The summed E-state index contributed by atoms with van der Waals surface area (Å²) in [5.41, 5.74) is 25.7. The first-order valence-electron chi connectivity index (χ1n) is 31.6. The van der Waals surface area contributed by atoms with Crippen molar-refractivity contribution in [1.29, 1.82) is 0 Å². The molecule has 0 amide bonds. The molecule has 0 saturated carbocycles. The standard InChI is InChI=1S/C86H66N4/c1-85(2,3)59-43-47-75-69(51-59)81-77(87(71-39-23-19-35-61(71)55-27-11-7-12-28-55)72-40-24-20-36-62(72)56-29-13-8-14-30-56)49-45-65-67-54-80-68(53-79(67)89(75)83(65)81)66-46-50-78(82-70-52-60(86(4,5)6)44-48-76(70)90(80)84(66)82)88(73-41-25-21-37-63(73)57-31-15-9-16-32-57)74-42-26-22-38-64(74)58-33-17-10-18-34-58/h7-54H,1-6H3. The van der Waals surface area contributed by atoms with Crippen LogP contribution in [0.1, 0.15) is 52.7 Å². The van der Waals surface area contributed by atoms with E-state index in [1.807, 2.05) is 0 Å². The Labute approximate surface area is 525 Å². The zero-order valence-electron chi connectivity index (χ0n) is 51.5. The van der Waals surface area contributed by atoms with Crippen LogP contribution in [0, 0.1) is 0 Å². The van der Waals surface area contributed by atoms with Gasteiger partial charge >= 0.3 is 0 Å². The molecule has 0 unspecified atom stereocenters. The van der Waals surface area contributed by atoms with Crippen molar-refractivity contribution in [1.82, 2.24) is 8.80 Å². The number of hydrogen-bond acceptors (Lipinski definition) is 2. The van der Waals surface area contributed by atoms with Gasteiger partial charge in [0, 0.05) is 65.3 Å². The van der Waals surface area contributed by atoms with E-state index in [1.165, 1.54) is 110 Å². The van der Waals surface area contributed by atoms with Crippen LogP contribution in [0.4, 0.5) is 34.1 Å². The Bertz CT molecular complexity index is 5090. The van der Waals surface area contributed by atoms with Gasteiger partial charge in [-0.1, -0.05) is 260 Å². The van der Waals surface area contributed by atoms with Crippen molar-refractivity contribution >= 4 is 110 Å². The van der Waals surface area contributed by atoms with Crippen molar-refractivity contribution < 1.29 is 0 Å². The second-order valence-corrected chi connectivity index (χ2v) is 26.4. The maximum absolute atomic E-state index is 2.60. The Kier molecular flexibility index (Phi) is 12.0. The summed E-state index contributed by atoms with van der Waals surface area (Å²) in [6.45, 7) is 14.0. The zero-order chi connectivity index (χ0) is 60.6. The molecule has 0 radical (unpaired) electrons. The minimum Gasteiger partial charge on any atom is -0.309 e. The fourth-order valence-corrected chi connectivity index (χ4v) is 14.8. The molecule has 0 saturated heterocycles. The van der Waals surface area contributed by atoms with Gasteiger partial charge in [-0.25, -0.2) is 0 Å². The summed E-state index contributed by atoms with van der Waals surface area (Å²) in [5.74, 6) is 0. The minimum absolute atomic E-state index is 0.0903. The van der Waals surface area contributed by atoms with Crippen LogP contribution >= 0.6 is 0 Å². The molecule has 4 nitrogen and oxygen atoms in total. The molecule has 0 aliphatic heterocycles. The Balaban J connectivity index is 0.983. The van der Waals surface area contributed by atoms with Gasteiger partial charge < -0.3 is 18.6 Å². The molecule has 0 aliphatic rings. The van der Waals surface area contributed by atoms with Crippen LogP contribution in [0.5, 0.6) is 0 Å². The maximum Gasteiger partial charge on any atom is 0.0641 e. The predicted molar refractivity (Wildman–Crippen MR) is 384 cm³/mol. The van der Waals surface area contributed by atoms with Crippen LogP contribution in [0.2, 0.25) is 0 Å². The van der Waals surface area contributed by atoms with Gasteiger partial charge in [0.15, 0.2) is 0 Å². The van der Waals surface area contributed by atoms with Crippen LogP contribution in [-0.4, -0.2) is 8.80 Å². The quantitative estimate of drug-likeness (QED) is 0.136. The summed E-state index contributed by atoms with van der Waals surface area (Å²) in [6.07, 6.45) is 0. The van der Waals surface area contributed by atoms with Gasteiger partial charge in [0.05, 0.1) is 67.2 Å². The molecule has 13 aromatic carbocycles. The largest absolute Gasteiger partial charge is 0.309 e. The van der Waals surface area contributed by atoms with E-state index in [-0.39, 0.29) is 10.8 Å². The topological polar surface area (TPSA) is 15.3 Å². The average molecular weight is 1160 g/mol. The van der Waals surface area contributed by atoms with Crippen molar-refractivity contribution in [2.75, 3.05) is 9.80 Å². The van der Waals surface area contributed by atoms with E-state index in [2.05, 4.69) is 351 Å². The molecule has 430 valence electrons. The van der Waals surface area contributed by atoms with E-state index < -0.39 is 0 Å². The molecule has 4 heteroatoms. The summed E-state index contributed by atoms with van der Waals surface area (Å²) in [5, 5.41) is 9.86. The van der Waals surface area contributed by atoms with Crippen molar-refractivity contribution in [3.05, 3.63) is 302 Å². The molecule has 0 bridgehead atoms. The molecular weight excluding hydrogens is 1090 g/mol. The van der Waals surface area contributed by atoms with E-state index in [1.54, 1.807) is 0 Å². The minimum atomic E-state index is -0.0903. The number of aromatic nitrogens is 2. The third kappa shape index (κ3) is 8.21. The first kappa shape index (κ1) is 53.3. The lowest BCUT2D eigenvalue weighted by Crippen LogP contribution is -2.13. The van der Waals surface area contributed by atoms with Gasteiger partial charge in [-0.3, -0.25) is 0 Å². The van der Waals surface area contributed by atoms with Gasteiger partial charge in [-0.05, 0) is 117 Å². The zero-order valence-corrected chi connectivity index (χ0v) is 51.5. The number of hydrogen-bond donors (Lipinski definition) is 0. The average Bonchev–Trinajstić information content (AvgIpc) is 1.52. The van der Waals surface area contributed by atoms with E-state index in [0.29, 0.717) is 0 Å². The number of benzene rings is 13. The van der Waals surface area contributed by atoms with E-state index in [4.69, 9.17) is 0 Å². The molecule has 0 atom stereocenters. The molecule has 17 aromatic rings. The van der Waals surface area contributed by atoms with E-state index in [0.717, 1.165) is 56.4 Å². The highest BCUT2D eigenvalue weighted by molar-refractivity contribution is 6.32. The Morgan fingerprint density at radius 1 is 0.233 bits per heavy atom. The molecule has 17 rings (SSSR count). The Morgan fingerprint density at radius 2 is 0.522 bits per heavy atom. The van der Waals surface area contributed by atoms with Crippen molar-refractivity contribution in [3.8, 4) is 44.5 Å². The number of nitrogens with zero attached hydrogens (tertiary/aromatic N) is 4. The highest BCUT2D eigenvalue weighted by Gasteiger charge is 2.32. The third-order valence-electron chi connectivity index (χ3n) is 19.1. The van der Waals surface area contributed by atoms with Gasteiger partial charge in [-0.2, -0.15) is 0 Å². The second-order valence-electron chi connectivity index (χ2n) is 26.4. The second kappa shape index (κ2) is 20.3. The third-order valence-corrected chi connectivity index (χ3v) is 19.1. The lowest BCUT2D eigenvalue weighted by molar-refractivity contribution is 0.591. The van der Waals surface area contributed by atoms with Crippen molar-refractivity contribution in [2.24, 2.45) is 0 Å². The summed E-state index contributed by atoms with van der Waals surface area (Å²) >= 11 is 0. The number of rotatable bonds is 10. The highest BCUT2D eigenvalue weighted by Crippen LogP contribution is 2.55. The maximum atomic E-state index is 2.60. The smallest absolute Gasteiger partial charge is 0.0641 e. The molecule has 0 spiro atoms. The van der Waals surface area contributed by atoms with E-state index in [9.17, 15) is 0 Å². The van der Waals surface area contributed by atoms with Crippen molar-refractivity contribution in [2.45, 2.75) is 52.4 Å². The first-order chi connectivity index (χ1) is 44.0. The lowest BCUT2D eigenvalue weighted by Gasteiger charge is -2.30. The Morgan fingerprint density at radius 3 is 0.822 bits per heavy atom. The molecule has 0 N–H and O–H groups in total. The fraction of sp³-hybridized carbons (Fsp3) is 0.0930.